The number of carbonyl (C=O) groups is 4. The van der Waals surface area contributed by atoms with Crippen LogP contribution >= 0.6 is 0 Å². The molecule has 7 atom stereocenters. The molecule has 10 heteroatoms. The number of allylic oxidation sites excluding steroid dienone is 1. The molecule has 1 aromatic rings. The highest BCUT2D eigenvalue weighted by atomic mass is 16.5. The summed E-state index contributed by atoms with van der Waals surface area (Å²) < 4.78 is 12.0. The Hall–Kier alpha value is -3.50. The molecule has 2 bridgehead atoms. The first-order valence-corrected chi connectivity index (χ1v) is 15.1. The Kier molecular flexibility index (Phi) is 9.81. The minimum atomic E-state index is -1.20. The van der Waals surface area contributed by atoms with Crippen molar-refractivity contribution in [1.82, 2.24) is 15.1 Å². The smallest absolute Gasteiger partial charge is 0.306 e. The van der Waals surface area contributed by atoms with Crippen LogP contribution in [-0.4, -0.2) is 87.7 Å². The van der Waals surface area contributed by atoms with Crippen molar-refractivity contribution in [3.8, 4) is 0 Å². The molecular weight excluding hydrogens is 550 g/mol. The summed E-state index contributed by atoms with van der Waals surface area (Å²) in [5, 5.41) is 13.1. The van der Waals surface area contributed by atoms with Gasteiger partial charge in [0, 0.05) is 18.5 Å². The van der Waals surface area contributed by atoms with E-state index in [4.69, 9.17) is 9.47 Å². The SMILES string of the molecule is C=CCCC(=O)OC[C@@H](NC(=O)[C@@H]1[C@H]2C(=O)N([C@H](C)CO)[C@H](C(=O)N(CC=C)C(C)(C)C)[C@]23CC[C@H]1O3)c1ccccc1. The number of esters is 1. The maximum atomic E-state index is 14.3. The Morgan fingerprint density at radius 1 is 1.23 bits per heavy atom. The molecule has 1 aromatic carbocycles. The molecule has 0 aliphatic carbocycles. The third-order valence-electron chi connectivity index (χ3n) is 8.88. The van der Waals surface area contributed by atoms with Gasteiger partial charge < -0.3 is 29.7 Å². The maximum Gasteiger partial charge on any atom is 0.306 e. The number of aliphatic hydroxyl groups excluding tert-OH is 1. The fraction of sp³-hybridized carbons (Fsp3) is 0.576. The average molecular weight is 596 g/mol. The number of likely N-dealkylation sites (tertiary alicyclic amines) is 1. The molecule has 4 rings (SSSR count). The number of aliphatic hydroxyl groups is 1. The van der Waals surface area contributed by atoms with Gasteiger partial charge in [-0.25, -0.2) is 0 Å². The first-order valence-electron chi connectivity index (χ1n) is 15.1. The Labute approximate surface area is 254 Å². The number of nitrogens with zero attached hydrogens (tertiary/aromatic N) is 2. The van der Waals surface area contributed by atoms with E-state index in [-0.39, 0.29) is 38.0 Å². The fourth-order valence-corrected chi connectivity index (χ4v) is 6.85. The highest BCUT2D eigenvalue weighted by Gasteiger charge is 2.75. The van der Waals surface area contributed by atoms with Crippen molar-refractivity contribution in [1.29, 1.82) is 0 Å². The lowest BCUT2D eigenvalue weighted by Crippen LogP contribution is -2.61. The van der Waals surface area contributed by atoms with E-state index in [1.165, 1.54) is 4.90 Å². The third kappa shape index (κ3) is 6.13. The van der Waals surface area contributed by atoms with Crippen molar-refractivity contribution in [3.05, 3.63) is 61.2 Å². The van der Waals surface area contributed by atoms with E-state index in [0.717, 1.165) is 5.56 Å². The van der Waals surface area contributed by atoms with Crippen molar-refractivity contribution in [2.75, 3.05) is 19.8 Å². The van der Waals surface area contributed by atoms with Crippen molar-refractivity contribution in [2.24, 2.45) is 11.8 Å². The van der Waals surface area contributed by atoms with Crippen LogP contribution in [0, 0.1) is 11.8 Å². The summed E-state index contributed by atoms with van der Waals surface area (Å²) in [6, 6.07) is 6.88. The van der Waals surface area contributed by atoms with Gasteiger partial charge in [0.1, 0.15) is 18.2 Å². The van der Waals surface area contributed by atoms with Crippen molar-refractivity contribution >= 4 is 23.7 Å². The lowest BCUT2D eigenvalue weighted by molar-refractivity contribution is -0.154. The first-order chi connectivity index (χ1) is 20.4. The van der Waals surface area contributed by atoms with Gasteiger partial charge >= 0.3 is 5.97 Å². The quantitative estimate of drug-likeness (QED) is 0.265. The van der Waals surface area contributed by atoms with Crippen LogP contribution in [0.2, 0.25) is 0 Å². The number of rotatable bonds is 13. The van der Waals surface area contributed by atoms with Gasteiger partial charge in [-0.15, -0.1) is 13.2 Å². The number of benzene rings is 1. The molecule has 1 spiro atoms. The van der Waals surface area contributed by atoms with Gasteiger partial charge in [0.25, 0.3) is 0 Å². The van der Waals surface area contributed by atoms with E-state index >= 15 is 0 Å². The lowest BCUT2D eigenvalue weighted by atomic mass is 9.70. The topological polar surface area (TPSA) is 125 Å². The molecule has 3 aliphatic rings. The van der Waals surface area contributed by atoms with Gasteiger partial charge in [-0.2, -0.15) is 0 Å². The van der Waals surface area contributed by atoms with Crippen molar-refractivity contribution in [3.63, 3.8) is 0 Å². The van der Waals surface area contributed by atoms with E-state index in [1.807, 2.05) is 51.1 Å². The standard InChI is InChI=1S/C33H45N3O7/c1-7-9-15-25(38)42-20-23(22-13-11-10-12-14-22)34-29(39)26-24-16-17-33(43-24)27(26)30(40)36(21(3)19-37)28(33)31(41)35(18-8-2)32(4,5)6/h7-8,10-14,21,23-24,26-28,37H,1-2,9,15-20H2,3-6H3,(H,34,39)/t21-,23-,24-,26+,27+,28-,33+/m1/s1. The molecule has 3 heterocycles. The van der Waals surface area contributed by atoms with E-state index in [9.17, 15) is 24.3 Å². The van der Waals surface area contributed by atoms with Gasteiger partial charge in [0.15, 0.2) is 0 Å². The molecule has 2 N–H and O–H groups in total. The first kappa shape index (κ1) is 32.4. The van der Waals surface area contributed by atoms with Crippen LogP contribution < -0.4 is 5.32 Å². The Morgan fingerprint density at radius 3 is 2.53 bits per heavy atom. The highest BCUT2D eigenvalue weighted by Crippen LogP contribution is 2.59. The molecule has 3 fully saturated rings. The molecule has 234 valence electrons. The van der Waals surface area contributed by atoms with Crippen LogP contribution in [0.1, 0.15) is 65.0 Å². The van der Waals surface area contributed by atoms with E-state index in [1.54, 1.807) is 24.0 Å². The number of hydrogen-bond acceptors (Lipinski definition) is 7. The number of hydrogen-bond donors (Lipinski definition) is 2. The summed E-state index contributed by atoms with van der Waals surface area (Å²) in [5.41, 5.74) is -1.03. The molecule has 3 aliphatic heterocycles. The summed E-state index contributed by atoms with van der Waals surface area (Å²) >= 11 is 0. The summed E-state index contributed by atoms with van der Waals surface area (Å²) in [5.74, 6) is -3.21. The van der Waals surface area contributed by atoms with E-state index in [2.05, 4.69) is 18.5 Å². The highest BCUT2D eigenvalue weighted by molar-refractivity contribution is 5.99. The lowest BCUT2D eigenvalue weighted by Gasteiger charge is -2.43. The number of amides is 3. The average Bonchev–Trinajstić information content (AvgIpc) is 3.63. The molecule has 0 unspecified atom stereocenters. The second-order valence-corrected chi connectivity index (χ2v) is 12.7. The summed E-state index contributed by atoms with van der Waals surface area (Å²) in [4.78, 5) is 57.9. The van der Waals surface area contributed by atoms with Crippen molar-refractivity contribution < 1.29 is 33.8 Å². The maximum absolute atomic E-state index is 14.3. The molecule has 3 amide bonds. The molecule has 10 nitrogen and oxygen atoms in total. The Morgan fingerprint density at radius 2 is 1.93 bits per heavy atom. The monoisotopic (exact) mass is 595 g/mol. The van der Waals surface area contributed by atoms with Crippen LogP contribution in [0.15, 0.2) is 55.6 Å². The molecular formula is C33H45N3O7. The number of nitrogens with one attached hydrogen (secondary N) is 1. The molecule has 3 saturated heterocycles. The predicted octanol–water partition coefficient (Wildman–Crippen LogP) is 2.92. The zero-order valence-electron chi connectivity index (χ0n) is 25.7. The Bertz CT molecular complexity index is 1230. The van der Waals surface area contributed by atoms with Crippen LogP contribution in [0.25, 0.3) is 0 Å². The van der Waals surface area contributed by atoms with E-state index in [0.29, 0.717) is 19.3 Å². The second-order valence-electron chi connectivity index (χ2n) is 12.7. The summed E-state index contributed by atoms with van der Waals surface area (Å²) in [6.45, 7) is 14.7. The van der Waals surface area contributed by atoms with Crippen LogP contribution in [0.4, 0.5) is 0 Å². The van der Waals surface area contributed by atoms with Gasteiger partial charge in [0.2, 0.25) is 17.7 Å². The van der Waals surface area contributed by atoms with Crippen LogP contribution in [0.3, 0.4) is 0 Å². The minimum Gasteiger partial charge on any atom is -0.463 e. The molecule has 0 aromatic heterocycles. The summed E-state index contributed by atoms with van der Waals surface area (Å²) in [7, 11) is 0. The predicted molar refractivity (Wildman–Crippen MR) is 160 cm³/mol. The van der Waals surface area contributed by atoms with Crippen LogP contribution in [0.5, 0.6) is 0 Å². The molecule has 43 heavy (non-hydrogen) atoms. The van der Waals surface area contributed by atoms with Crippen molar-refractivity contribution in [2.45, 2.75) is 88.7 Å². The molecule has 0 radical (unpaired) electrons. The van der Waals surface area contributed by atoms with Gasteiger partial charge in [-0.05, 0) is 52.5 Å². The third-order valence-corrected chi connectivity index (χ3v) is 8.88. The second kappa shape index (κ2) is 13.0. The van der Waals surface area contributed by atoms with Crippen LogP contribution in [-0.2, 0) is 28.7 Å². The normalized spacial score (nSPS) is 27.3. The fourth-order valence-electron chi connectivity index (χ4n) is 6.85. The summed E-state index contributed by atoms with van der Waals surface area (Å²) in [6.07, 6.45) is 4.35. The number of fused-ring (bicyclic) bond motifs is 1. The van der Waals surface area contributed by atoms with E-state index < -0.39 is 59.1 Å². The zero-order chi connectivity index (χ0) is 31.5. The largest absolute Gasteiger partial charge is 0.463 e. The zero-order valence-corrected chi connectivity index (χ0v) is 25.7. The number of carbonyl (C=O) groups excluding carboxylic acids is 4. The van der Waals surface area contributed by atoms with Gasteiger partial charge in [0.05, 0.1) is 36.6 Å². The van der Waals surface area contributed by atoms with Gasteiger partial charge in [-0.3, -0.25) is 19.2 Å². The molecule has 0 saturated carbocycles. The Balaban J connectivity index is 1.65. The van der Waals surface area contributed by atoms with Gasteiger partial charge in [-0.1, -0.05) is 42.5 Å². The minimum absolute atomic E-state index is 0.0788. The number of ether oxygens (including phenoxy) is 2.